The van der Waals surface area contributed by atoms with Crippen LogP contribution in [-0.4, -0.2) is 12.6 Å². The Labute approximate surface area is 96.7 Å². The van der Waals surface area contributed by atoms with Crippen LogP contribution in [-0.2, 0) is 6.42 Å². The van der Waals surface area contributed by atoms with E-state index < -0.39 is 0 Å². The molecule has 3 heteroatoms. The van der Waals surface area contributed by atoms with Gasteiger partial charge in [-0.1, -0.05) is 19.1 Å². The fourth-order valence-corrected chi connectivity index (χ4v) is 2.08. The Hall–Kier alpha value is -1.06. The highest BCUT2D eigenvalue weighted by Crippen LogP contribution is 2.19. The molecular formula is C13H20N2O. The van der Waals surface area contributed by atoms with E-state index in [-0.39, 0.29) is 6.04 Å². The smallest absolute Gasteiger partial charge is 0.122 e. The minimum atomic E-state index is 0.144. The van der Waals surface area contributed by atoms with Crippen molar-refractivity contribution in [2.45, 2.75) is 38.3 Å². The van der Waals surface area contributed by atoms with Gasteiger partial charge in [0.05, 0.1) is 6.04 Å². The molecule has 0 saturated carbocycles. The SMILES string of the molecule is CCc1ccc(C(CN)NC2CC=CC2)o1. The largest absolute Gasteiger partial charge is 0.464 e. The molecule has 1 atom stereocenters. The molecule has 1 unspecified atom stereocenters. The maximum absolute atomic E-state index is 5.79. The summed E-state index contributed by atoms with van der Waals surface area (Å²) in [6.45, 7) is 2.67. The lowest BCUT2D eigenvalue weighted by Gasteiger charge is -2.19. The van der Waals surface area contributed by atoms with E-state index in [0.29, 0.717) is 12.6 Å². The third-order valence-electron chi connectivity index (χ3n) is 3.05. The first-order valence-electron chi connectivity index (χ1n) is 6.03. The Bertz CT molecular complexity index is 349. The molecule has 2 rings (SSSR count). The lowest BCUT2D eigenvalue weighted by Crippen LogP contribution is -2.35. The quantitative estimate of drug-likeness (QED) is 0.748. The van der Waals surface area contributed by atoms with Crippen LogP contribution in [0.5, 0.6) is 0 Å². The number of rotatable bonds is 5. The zero-order valence-corrected chi connectivity index (χ0v) is 9.78. The molecule has 16 heavy (non-hydrogen) atoms. The fourth-order valence-electron chi connectivity index (χ4n) is 2.08. The van der Waals surface area contributed by atoms with Gasteiger partial charge < -0.3 is 15.5 Å². The Kier molecular flexibility index (Phi) is 3.80. The van der Waals surface area contributed by atoms with Crippen LogP contribution in [0.1, 0.15) is 37.3 Å². The van der Waals surface area contributed by atoms with Gasteiger partial charge in [0.1, 0.15) is 11.5 Å². The van der Waals surface area contributed by atoms with Crippen LogP contribution in [0.15, 0.2) is 28.7 Å². The average Bonchev–Trinajstić information content (AvgIpc) is 2.96. The van der Waals surface area contributed by atoms with Crippen molar-refractivity contribution in [3.05, 3.63) is 35.8 Å². The van der Waals surface area contributed by atoms with Gasteiger partial charge in [0, 0.05) is 19.0 Å². The van der Waals surface area contributed by atoms with Crippen molar-refractivity contribution < 1.29 is 4.42 Å². The topological polar surface area (TPSA) is 51.2 Å². The summed E-state index contributed by atoms with van der Waals surface area (Å²) >= 11 is 0. The molecule has 0 fully saturated rings. The van der Waals surface area contributed by atoms with Crippen molar-refractivity contribution in [3.8, 4) is 0 Å². The van der Waals surface area contributed by atoms with E-state index in [1.807, 2.05) is 12.1 Å². The van der Waals surface area contributed by atoms with Gasteiger partial charge in [0.2, 0.25) is 0 Å². The minimum Gasteiger partial charge on any atom is -0.464 e. The van der Waals surface area contributed by atoms with Crippen molar-refractivity contribution in [1.29, 1.82) is 0 Å². The van der Waals surface area contributed by atoms with Crippen molar-refractivity contribution in [1.82, 2.24) is 5.32 Å². The van der Waals surface area contributed by atoms with Crippen LogP contribution in [0.4, 0.5) is 0 Å². The maximum atomic E-state index is 5.79. The summed E-state index contributed by atoms with van der Waals surface area (Å²) in [5.74, 6) is 1.99. The van der Waals surface area contributed by atoms with Crippen LogP contribution in [0.25, 0.3) is 0 Å². The van der Waals surface area contributed by atoms with Crippen LogP contribution < -0.4 is 11.1 Å². The Balaban J connectivity index is 1.98. The van der Waals surface area contributed by atoms with Crippen LogP contribution in [0.3, 0.4) is 0 Å². The van der Waals surface area contributed by atoms with E-state index in [1.165, 1.54) is 0 Å². The molecule has 0 radical (unpaired) electrons. The van der Waals surface area contributed by atoms with Gasteiger partial charge in [-0.05, 0) is 25.0 Å². The maximum Gasteiger partial charge on any atom is 0.122 e. The molecule has 0 aliphatic heterocycles. The predicted octanol–water partition coefficient (Wildman–Crippen LogP) is 2.15. The molecule has 1 heterocycles. The number of nitrogens with one attached hydrogen (secondary N) is 1. The van der Waals surface area contributed by atoms with Crippen LogP contribution in [0.2, 0.25) is 0 Å². The molecule has 3 nitrogen and oxygen atoms in total. The first-order valence-corrected chi connectivity index (χ1v) is 6.03. The molecule has 0 aromatic carbocycles. The standard InChI is InChI=1S/C13H20N2O/c1-2-11-7-8-13(16-11)12(9-14)15-10-5-3-4-6-10/h3-4,7-8,10,12,15H,2,5-6,9,14H2,1H3. The molecule has 0 bridgehead atoms. The summed E-state index contributed by atoms with van der Waals surface area (Å²) < 4.78 is 5.73. The second-order valence-electron chi connectivity index (χ2n) is 4.25. The van der Waals surface area contributed by atoms with E-state index in [9.17, 15) is 0 Å². The molecule has 1 aromatic heterocycles. The van der Waals surface area contributed by atoms with Gasteiger partial charge in [0.25, 0.3) is 0 Å². The first-order chi connectivity index (χ1) is 7.83. The Morgan fingerprint density at radius 1 is 1.44 bits per heavy atom. The molecule has 0 saturated heterocycles. The van der Waals surface area contributed by atoms with Gasteiger partial charge in [-0.3, -0.25) is 0 Å². The Morgan fingerprint density at radius 3 is 2.75 bits per heavy atom. The monoisotopic (exact) mass is 220 g/mol. The van der Waals surface area contributed by atoms with Gasteiger partial charge >= 0.3 is 0 Å². The highest BCUT2D eigenvalue weighted by Gasteiger charge is 2.18. The second kappa shape index (κ2) is 5.32. The molecular weight excluding hydrogens is 200 g/mol. The zero-order valence-electron chi connectivity index (χ0n) is 9.78. The van der Waals surface area contributed by atoms with Gasteiger partial charge in [-0.25, -0.2) is 0 Å². The average molecular weight is 220 g/mol. The summed E-state index contributed by atoms with van der Waals surface area (Å²) in [5.41, 5.74) is 5.79. The molecule has 88 valence electrons. The van der Waals surface area contributed by atoms with Crippen molar-refractivity contribution in [2.75, 3.05) is 6.54 Å². The zero-order chi connectivity index (χ0) is 11.4. The molecule has 0 spiro atoms. The van der Waals surface area contributed by atoms with E-state index >= 15 is 0 Å². The minimum absolute atomic E-state index is 0.144. The second-order valence-corrected chi connectivity index (χ2v) is 4.25. The van der Waals surface area contributed by atoms with E-state index in [0.717, 1.165) is 30.8 Å². The van der Waals surface area contributed by atoms with Gasteiger partial charge in [-0.15, -0.1) is 0 Å². The molecule has 1 aromatic rings. The summed E-state index contributed by atoms with van der Waals surface area (Å²) in [6.07, 6.45) is 7.55. The fraction of sp³-hybridized carbons (Fsp3) is 0.538. The molecule has 0 amide bonds. The van der Waals surface area contributed by atoms with Crippen molar-refractivity contribution in [3.63, 3.8) is 0 Å². The lowest BCUT2D eigenvalue weighted by molar-refractivity contribution is 0.368. The normalized spacial score (nSPS) is 18.1. The summed E-state index contributed by atoms with van der Waals surface area (Å²) in [7, 11) is 0. The van der Waals surface area contributed by atoms with Crippen LogP contribution in [0, 0.1) is 0 Å². The van der Waals surface area contributed by atoms with Crippen molar-refractivity contribution >= 4 is 0 Å². The van der Waals surface area contributed by atoms with Crippen LogP contribution >= 0.6 is 0 Å². The van der Waals surface area contributed by atoms with E-state index in [1.54, 1.807) is 0 Å². The summed E-state index contributed by atoms with van der Waals surface area (Å²) in [5, 5.41) is 3.54. The number of aryl methyl sites for hydroxylation is 1. The van der Waals surface area contributed by atoms with E-state index in [2.05, 4.69) is 24.4 Å². The van der Waals surface area contributed by atoms with E-state index in [4.69, 9.17) is 10.2 Å². The van der Waals surface area contributed by atoms with Gasteiger partial charge in [0.15, 0.2) is 0 Å². The number of furan rings is 1. The molecule has 1 aliphatic carbocycles. The first kappa shape index (κ1) is 11.4. The number of hydrogen-bond donors (Lipinski definition) is 2. The van der Waals surface area contributed by atoms with Gasteiger partial charge in [-0.2, -0.15) is 0 Å². The number of nitrogens with two attached hydrogens (primary N) is 1. The summed E-state index contributed by atoms with van der Waals surface area (Å²) in [6, 6.07) is 4.73. The Morgan fingerprint density at radius 2 is 2.19 bits per heavy atom. The highest BCUT2D eigenvalue weighted by atomic mass is 16.3. The third kappa shape index (κ3) is 2.54. The molecule has 3 N–H and O–H groups in total. The number of hydrogen-bond acceptors (Lipinski definition) is 3. The van der Waals surface area contributed by atoms with Crippen molar-refractivity contribution in [2.24, 2.45) is 5.73 Å². The lowest BCUT2D eigenvalue weighted by atomic mass is 10.1. The predicted molar refractivity (Wildman–Crippen MR) is 65.2 cm³/mol. The summed E-state index contributed by atoms with van der Waals surface area (Å²) in [4.78, 5) is 0. The third-order valence-corrected chi connectivity index (χ3v) is 3.05. The molecule has 1 aliphatic rings. The highest BCUT2D eigenvalue weighted by molar-refractivity contribution is 5.12.